The molecule has 0 saturated heterocycles. The van der Waals surface area contributed by atoms with E-state index >= 15 is 0 Å². The van der Waals surface area contributed by atoms with E-state index in [-0.39, 0.29) is 0 Å². The van der Waals surface area contributed by atoms with Crippen molar-refractivity contribution in [1.29, 1.82) is 0 Å². The molecule has 20 heavy (non-hydrogen) atoms. The first-order valence-corrected chi connectivity index (χ1v) is 8.15. The summed E-state index contributed by atoms with van der Waals surface area (Å²) >= 11 is 4.74. The van der Waals surface area contributed by atoms with Crippen LogP contribution < -0.4 is 0 Å². The van der Waals surface area contributed by atoms with Gasteiger partial charge >= 0.3 is 0 Å². The molecule has 0 heterocycles. The van der Waals surface area contributed by atoms with Crippen LogP contribution in [0.25, 0.3) is 4.91 Å². The molecule has 0 bridgehead atoms. The molecule has 3 heteroatoms. The monoisotopic (exact) mass is 302 g/mol. The smallest absolute Gasteiger partial charge is 0.161 e. The second kappa shape index (κ2) is 5.65. The molecule has 0 radical (unpaired) electrons. The summed E-state index contributed by atoms with van der Waals surface area (Å²) in [5.74, 6) is 0. The predicted octanol–water partition coefficient (Wildman–Crippen LogP) is 4.74. The van der Waals surface area contributed by atoms with Gasteiger partial charge in [-0.1, -0.05) is 29.3 Å². The van der Waals surface area contributed by atoms with Crippen LogP contribution in [0.2, 0.25) is 5.02 Å². The fraction of sp³-hybridized carbons (Fsp3) is 0.176. The molecule has 0 spiro atoms. The number of benzene rings is 2. The van der Waals surface area contributed by atoms with Crippen LogP contribution >= 0.6 is 11.6 Å². The van der Waals surface area contributed by atoms with E-state index in [9.17, 15) is 4.55 Å². The van der Waals surface area contributed by atoms with Gasteiger partial charge in [-0.25, -0.2) is 0 Å². The zero-order valence-electron chi connectivity index (χ0n) is 11.2. The Morgan fingerprint density at radius 1 is 1.10 bits per heavy atom. The Hall–Kier alpha value is -1.22. The molecule has 0 N–H and O–H groups in total. The number of hydrogen-bond donors (Lipinski definition) is 0. The van der Waals surface area contributed by atoms with Crippen LogP contribution in [0.15, 0.2) is 53.4 Å². The highest BCUT2D eigenvalue weighted by atomic mass is 35.5. The zero-order valence-corrected chi connectivity index (χ0v) is 12.8. The first kappa shape index (κ1) is 13.7. The maximum Gasteiger partial charge on any atom is 0.161 e. The lowest BCUT2D eigenvalue weighted by molar-refractivity contribution is 0.604. The van der Waals surface area contributed by atoms with Gasteiger partial charge in [0.2, 0.25) is 0 Å². The molecule has 0 aromatic heterocycles. The lowest BCUT2D eigenvalue weighted by Gasteiger charge is -2.20. The summed E-state index contributed by atoms with van der Waals surface area (Å²) < 4.78 is 12.8. The van der Waals surface area contributed by atoms with Gasteiger partial charge in [0.25, 0.3) is 0 Å². The van der Waals surface area contributed by atoms with Crippen molar-refractivity contribution in [3.05, 3.63) is 70.3 Å². The van der Waals surface area contributed by atoms with E-state index in [4.69, 9.17) is 11.6 Å². The van der Waals surface area contributed by atoms with Crippen molar-refractivity contribution in [3.8, 4) is 0 Å². The van der Waals surface area contributed by atoms with Crippen molar-refractivity contribution < 1.29 is 4.55 Å². The quantitative estimate of drug-likeness (QED) is 0.735. The van der Waals surface area contributed by atoms with Gasteiger partial charge in [0.15, 0.2) is 9.80 Å². The fourth-order valence-corrected chi connectivity index (χ4v) is 3.93. The highest BCUT2D eigenvalue weighted by Crippen LogP contribution is 2.34. The Morgan fingerprint density at radius 2 is 1.85 bits per heavy atom. The number of halogens is 1. The zero-order chi connectivity index (χ0) is 14.1. The molecule has 1 aliphatic rings. The molecule has 0 amide bonds. The van der Waals surface area contributed by atoms with Crippen molar-refractivity contribution in [1.82, 2.24) is 0 Å². The van der Waals surface area contributed by atoms with E-state index in [2.05, 4.69) is 31.2 Å². The number of aryl methyl sites for hydroxylation is 2. The third-order valence-electron chi connectivity index (χ3n) is 3.50. The van der Waals surface area contributed by atoms with Crippen LogP contribution in [0.5, 0.6) is 0 Å². The van der Waals surface area contributed by atoms with Gasteiger partial charge in [0, 0.05) is 21.8 Å². The predicted molar refractivity (Wildman–Crippen MR) is 85.3 cm³/mol. The average Bonchev–Trinajstić information content (AvgIpc) is 2.46. The highest BCUT2D eigenvalue weighted by Gasteiger charge is 2.24. The van der Waals surface area contributed by atoms with Gasteiger partial charge in [0.05, 0.1) is 0 Å². The third kappa shape index (κ3) is 2.64. The first-order chi connectivity index (χ1) is 9.65. The Kier molecular flexibility index (Phi) is 3.88. The van der Waals surface area contributed by atoms with Crippen LogP contribution in [-0.4, -0.2) is 4.55 Å². The highest BCUT2D eigenvalue weighted by molar-refractivity contribution is 8.00. The van der Waals surface area contributed by atoms with E-state index in [0.717, 1.165) is 28.2 Å². The van der Waals surface area contributed by atoms with E-state index < -0.39 is 11.2 Å². The Bertz CT molecular complexity index is 661. The minimum Gasteiger partial charge on any atom is -0.606 e. The van der Waals surface area contributed by atoms with E-state index in [0.29, 0.717) is 5.02 Å². The lowest BCUT2D eigenvalue weighted by Crippen LogP contribution is -2.10. The van der Waals surface area contributed by atoms with Gasteiger partial charge in [-0.05, 0) is 61.7 Å². The SMILES string of the molecule is Cc1ccc2c(c1)CCC=C2[S+]([O-])c1ccc(Cl)cc1. The summed E-state index contributed by atoms with van der Waals surface area (Å²) in [5.41, 5.74) is 3.67. The molecule has 1 atom stereocenters. The van der Waals surface area contributed by atoms with Crippen LogP contribution in [-0.2, 0) is 17.6 Å². The largest absolute Gasteiger partial charge is 0.606 e. The summed E-state index contributed by atoms with van der Waals surface area (Å²) in [7, 11) is 0. The van der Waals surface area contributed by atoms with E-state index in [1.165, 1.54) is 11.1 Å². The molecule has 102 valence electrons. The van der Waals surface area contributed by atoms with Crippen LogP contribution in [0.4, 0.5) is 0 Å². The molecule has 0 aliphatic heterocycles. The van der Waals surface area contributed by atoms with Gasteiger partial charge in [-0.2, -0.15) is 0 Å². The van der Waals surface area contributed by atoms with Crippen LogP contribution in [0.1, 0.15) is 23.1 Å². The second-order valence-corrected chi connectivity index (χ2v) is 6.88. The number of allylic oxidation sites excluding steroid dienone is 1. The number of rotatable bonds is 2. The molecule has 3 rings (SSSR count). The van der Waals surface area contributed by atoms with Gasteiger partial charge in [-0.15, -0.1) is 0 Å². The van der Waals surface area contributed by atoms with Crippen LogP contribution in [0.3, 0.4) is 0 Å². The first-order valence-electron chi connectivity index (χ1n) is 6.62. The topological polar surface area (TPSA) is 23.1 Å². The lowest BCUT2D eigenvalue weighted by atomic mass is 9.95. The molecule has 2 aromatic carbocycles. The molecule has 0 fully saturated rings. The Balaban J connectivity index is 1.98. The van der Waals surface area contributed by atoms with Gasteiger partial charge in [-0.3, -0.25) is 0 Å². The summed E-state index contributed by atoms with van der Waals surface area (Å²) in [5, 5.41) is 0.666. The minimum absolute atomic E-state index is 0.666. The van der Waals surface area contributed by atoms with Crippen molar-refractivity contribution in [2.75, 3.05) is 0 Å². The normalized spacial score (nSPS) is 15.4. The summed E-state index contributed by atoms with van der Waals surface area (Å²) in [6, 6.07) is 13.6. The van der Waals surface area contributed by atoms with E-state index in [1.807, 2.05) is 12.1 Å². The molecule has 1 nitrogen and oxygen atoms in total. The summed E-state index contributed by atoms with van der Waals surface area (Å²) in [6.07, 6.45) is 4.08. The van der Waals surface area contributed by atoms with Gasteiger partial charge < -0.3 is 4.55 Å². The number of fused-ring (bicyclic) bond motifs is 1. The Morgan fingerprint density at radius 3 is 2.60 bits per heavy atom. The summed E-state index contributed by atoms with van der Waals surface area (Å²) in [6.45, 7) is 2.09. The maximum atomic E-state index is 12.8. The molecule has 2 aromatic rings. The van der Waals surface area contributed by atoms with Crippen LogP contribution in [0, 0.1) is 6.92 Å². The minimum atomic E-state index is -1.14. The molecule has 0 saturated carbocycles. The standard InChI is InChI=1S/C17H15ClOS/c1-12-5-10-16-13(11-12)3-2-4-17(16)20(19)15-8-6-14(18)7-9-15/h4-11H,2-3H2,1H3. The average molecular weight is 303 g/mol. The molecule has 1 unspecified atom stereocenters. The van der Waals surface area contributed by atoms with Crippen molar-refractivity contribution in [2.45, 2.75) is 24.7 Å². The second-order valence-electron chi connectivity index (χ2n) is 4.99. The van der Waals surface area contributed by atoms with Gasteiger partial charge in [0.1, 0.15) is 0 Å². The fourth-order valence-electron chi connectivity index (χ4n) is 2.50. The van der Waals surface area contributed by atoms with E-state index in [1.54, 1.807) is 12.1 Å². The molecule has 1 aliphatic carbocycles. The molecular weight excluding hydrogens is 288 g/mol. The number of hydrogen-bond acceptors (Lipinski definition) is 1. The van der Waals surface area contributed by atoms with Crippen molar-refractivity contribution in [2.24, 2.45) is 0 Å². The maximum absolute atomic E-state index is 12.8. The Labute approximate surface area is 127 Å². The third-order valence-corrected chi connectivity index (χ3v) is 5.24. The van der Waals surface area contributed by atoms with Crippen molar-refractivity contribution >= 4 is 27.7 Å². The van der Waals surface area contributed by atoms with Crippen molar-refractivity contribution in [3.63, 3.8) is 0 Å². The molecular formula is C17H15ClOS. The summed E-state index contributed by atoms with van der Waals surface area (Å²) in [4.78, 5) is 1.72.